The highest BCUT2D eigenvalue weighted by atomic mass is 16.1. The molecule has 0 unspecified atom stereocenters. The molecule has 162 valence electrons. The van der Waals surface area contributed by atoms with Gasteiger partial charge >= 0.3 is 0 Å². The number of carbonyl (C=O) groups is 1. The third-order valence-electron chi connectivity index (χ3n) is 6.15. The molecule has 0 saturated carbocycles. The molecule has 4 rings (SSSR count). The predicted octanol–water partition coefficient (Wildman–Crippen LogP) is 6.00. The minimum absolute atomic E-state index is 0.237. The van der Waals surface area contributed by atoms with Gasteiger partial charge in [-0.2, -0.15) is 0 Å². The van der Waals surface area contributed by atoms with E-state index in [2.05, 4.69) is 58.3 Å². The maximum absolute atomic E-state index is 12.8. The van der Waals surface area contributed by atoms with Crippen LogP contribution in [0, 0.1) is 12.0 Å². The summed E-state index contributed by atoms with van der Waals surface area (Å²) >= 11 is 0. The molecule has 1 aliphatic carbocycles. The maximum Gasteiger partial charge on any atom is 0.293 e. The number of aliphatic imine (C=N–C) groups is 1. The van der Waals surface area contributed by atoms with Crippen LogP contribution in [0.5, 0.6) is 0 Å². The Labute approximate surface area is 189 Å². The minimum atomic E-state index is -0.237. The van der Waals surface area contributed by atoms with E-state index in [1.807, 2.05) is 24.4 Å². The molecule has 1 aromatic heterocycles. The van der Waals surface area contributed by atoms with Gasteiger partial charge in [-0.25, -0.2) is 0 Å². The Morgan fingerprint density at radius 1 is 1.19 bits per heavy atom. The lowest BCUT2D eigenvalue weighted by Gasteiger charge is -2.29. The van der Waals surface area contributed by atoms with Crippen LogP contribution in [-0.2, 0) is 17.6 Å². The molecule has 0 fully saturated rings. The molecule has 5 nitrogen and oxygen atoms in total. The summed E-state index contributed by atoms with van der Waals surface area (Å²) in [5, 5.41) is 3.06. The van der Waals surface area contributed by atoms with Gasteiger partial charge in [0.2, 0.25) is 0 Å². The standard InChI is InChI=1S/C27H28N4O/c1-27(2)15-13-20(14-16-27)22-18-19(7-9-21-6-4-5-17-29-21)8-10-23(22)31-26(32)24-11-12-25(28-3)30-24/h4-6,8,10,12-13,17-18H,7,9,11,14-16H2,1-2H3,(H,31,32). The molecule has 0 bridgehead atoms. The van der Waals surface area contributed by atoms with Crippen molar-refractivity contribution >= 4 is 22.9 Å². The van der Waals surface area contributed by atoms with Gasteiger partial charge in [-0.1, -0.05) is 44.7 Å². The lowest BCUT2D eigenvalue weighted by Crippen LogP contribution is -2.22. The Balaban J connectivity index is 1.58. The van der Waals surface area contributed by atoms with E-state index < -0.39 is 0 Å². The molecule has 1 amide bonds. The van der Waals surface area contributed by atoms with Crippen molar-refractivity contribution in [1.29, 1.82) is 0 Å². The fourth-order valence-corrected chi connectivity index (χ4v) is 4.09. The highest BCUT2D eigenvalue weighted by molar-refractivity contribution is 6.44. The molecule has 0 spiro atoms. The summed E-state index contributed by atoms with van der Waals surface area (Å²) in [5.41, 5.74) is 6.18. The van der Waals surface area contributed by atoms with Crippen LogP contribution in [0.2, 0.25) is 0 Å². The third kappa shape index (κ3) is 5.20. The number of hydrogen-bond donors (Lipinski definition) is 1. The van der Waals surface area contributed by atoms with Crippen molar-refractivity contribution in [2.75, 3.05) is 5.32 Å². The van der Waals surface area contributed by atoms with Crippen molar-refractivity contribution in [3.05, 3.63) is 88.8 Å². The number of pyridine rings is 1. The molecule has 1 aliphatic heterocycles. The van der Waals surface area contributed by atoms with Crippen LogP contribution in [0.1, 0.15) is 56.4 Å². The van der Waals surface area contributed by atoms with Crippen molar-refractivity contribution < 1.29 is 4.79 Å². The van der Waals surface area contributed by atoms with Crippen LogP contribution in [-0.4, -0.2) is 16.6 Å². The van der Waals surface area contributed by atoms with Crippen LogP contribution in [0.25, 0.3) is 10.4 Å². The number of carbonyl (C=O) groups excluding carboxylic acids is 1. The number of anilines is 1. The zero-order valence-electron chi connectivity index (χ0n) is 18.7. The molecule has 32 heavy (non-hydrogen) atoms. The number of aryl methyl sites for hydroxylation is 2. The summed E-state index contributed by atoms with van der Waals surface area (Å²) in [6, 6.07) is 12.3. The Kier molecular flexibility index (Phi) is 6.32. The molecular weight excluding hydrogens is 396 g/mol. The van der Waals surface area contributed by atoms with Crippen molar-refractivity contribution in [3.8, 4) is 0 Å². The van der Waals surface area contributed by atoms with Gasteiger partial charge in [0.25, 0.3) is 11.7 Å². The van der Waals surface area contributed by atoms with Crippen LogP contribution in [0.15, 0.2) is 65.6 Å². The number of benzene rings is 1. The molecule has 2 aliphatic rings. The molecular formula is C27H28N4O. The lowest BCUT2D eigenvalue weighted by atomic mass is 9.76. The quantitative estimate of drug-likeness (QED) is 0.578. The van der Waals surface area contributed by atoms with E-state index in [1.165, 1.54) is 11.1 Å². The number of nitrogens with one attached hydrogen (secondary N) is 1. The van der Waals surface area contributed by atoms with E-state index >= 15 is 0 Å². The van der Waals surface area contributed by atoms with Crippen molar-refractivity contribution in [1.82, 2.24) is 4.98 Å². The van der Waals surface area contributed by atoms with Gasteiger partial charge in [0.05, 0.1) is 0 Å². The number of allylic oxidation sites excluding steroid dienone is 3. The maximum atomic E-state index is 12.8. The second-order valence-electron chi connectivity index (χ2n) is 9.19. The second kappa shape index (κ2) is 9.32. The number of rotatable bonds is 6. The first-order valence-corrected chi connectivity index (χ1v) is 11.1. The van der Waals surface area contributed by atoms with Crippen LogP contribution in [0.3, 0.4) is 0 Å². The molecule has 0 radical (unpaired) electrons. The zero-order chi connectivity index (χ0) is 22.6. The first kappa shape index (κ1) is 21.7. The molecule has 1 aromatic carbocycles. The van der Waals surface area contributed by atoms with Crippen molar-refractivity contribution in [3.63, 3.8) is 0 Å². The lowest BCUT2D eigenvalue weighted by molar-refractivity contribution is -0.110. The average molecular weight is 425 g/mol. The largest absolute Gasteiger partial charge is 0.361 e. The Morgan fingerprint density at radius 3 is 2.75 bits per heavy atom. The highest BCUT2D eigenvalue weighted by Gasteiger charge is 2.25. The number of amides is 1. The Bertz CT molecular complexity index is 1150. The molecule has 2 aromatic rings. The van der Waals surface area contributed by atoms with Gasteiger partial charge in [-0.05, 0) is 72.9 Å². The fourth-order valence-electron chi connectivity index (χ4n) is 4.09. The summed E-state index contributed by atoms with van der Waals surface area (Å²) in [5.74, 6) is 0.0524. The summed E-state index contributed by atoms with van der Waals surface area (Å²) in [7, 11) is 0. The van der Waals surface area contributed by atoms with E-state index in [9.17, 15) is 4.79 Å². The fraction of sp³-hybridized carbons (Fsp3) is 0.333. The van der Waals surface area contributed by atoms with E-state index in [-0.39, 0.29) is 11.7 Å². The Morgan fingerprint density at radius 2 is 2.06 bits per heavy atom. The number of hydrogen-bond acceptors (Lipinski definition) is 3. The van der Waals surface area contributed by atoms with Crippen molar-refractivity contribution in [2.24, 2.45) is 10.4 Å². The van der Waals surface area contributed by atoms with Gasteiger partial charge in [-0.15, -0.1) is 4.99 Å². The van der Waals surface area contributed by atoms with Gasteiger partial charge in [0.15, 0.2) is 5.71 Å². The van der Waals surface area contributed by atoms with Gasteiger partial charge < -0.3 is 10.2 Å². The summed E-state index contributed by atoms with van der Waals surface area (Å²) in [6.45, 7) is 11.7. The average Bonchev–Trinajstić information content (AvgIpc) is 3.29. The highest BCUT2D eigenvalue weighted by Crippen LogP contribution is 2.40. The van der Waals surface area contributed by atoms with E-state index in [4.69, 9.17) is 6.57 Å². The predicted molar refractivity (Wildman–Crippen MR) is 129 cm³/mol. The summed E-state index contributed by atoms with van der Waals surface area (Å²) in [6.07, 6.45) is 11.1. The van der Waals surface area contributed by atoms with Gasteiger partial charge in [-0.3, -0.25) is 9.78 Å². The molecule has 0 saturated heterocycles. The first-order valence-electron chi connectivity index (χ1n) is 11.1. The van der Waals surface area contributed by atoms with Crippen molar-refractivity contribution in [2.45, 2.75) is 52.4 Å². The topological polar surface area (TPSA) is 58.7 Å². The zero-order valence-corrected chi connectivity index (χ0v) is 18.7. The second-order valence-corrected chi connectivity index (χ2v) is 9.19. The molecule has 2 heterocycles. The summed E-state index contributed by atoms with van der Waals surface area (Å²) in [4.78, 5) is 24.7. The van der Waals surface area contributed by atoms with Crippen LogP contribution < -0.4 is 5.32 Å². The SMILES string of the molecule is [C-]#[N+]C1=CCC(C(=O)Nc2ccc(CCc3ccccn3)cc2C2=CCC(C)(C)CC2)=N1. The van der Waals surface area contributed by atoms with Crippen LogP contribution in [0.4, 0.5) is 5.69 Å². The minimum Gasteiger partial charge on any atom is -0.361 e. The normalized spacial score (nSPS) is 17.1. The summed E-state index contributed by atoms with van der Waals surface area (Å²) < 4.78 is 0. The number of aromatic nitrogens is 1. The number of nitrogens with zero attached hydrogens (tertiary/aromatic N) is 3. The molecule has 5 heteroatoms. The van der Waals surface area contributed by atoms with Gasteiger partial charge in [0.1, 0.15) is 0 Å². The Hall–Kier alpha value is -3.52. The van der Waals surface area contributed by atoms with Gasteiger partial charge in [0, 0.05) is 29.6 Å². The molecule has 0 atom stereocenters. The molecule has 1 N–H and O–H groups in total. The monoisotopic (exact) mass is 424 g/mol. The van der Waals surface area contributed by atoms with E-state index in [1.54, 1.807) is 6.08 Å². The van der Waals surface area contributed by atoms with Crippen LogP contribution >= 0.6 is 0 Å². The van der Waals surface area contributed by atoms with E-state index in [0.29, 0.717) is 17.5 Å². The third-order valence-corrected chi connectivity index (χ3v) is 6.15. The smallest absolute Gasteiger partial charge is 0.293 e. The first-order chi connectivity index (χ1) is 15.4. The van der Waals surface area contributed by atoms with E-state index in [0.717, 1.165) is 49.0 Å².